The molecule has 1 aromatic carbocycles. The molecule has 0 spiro atoms. The number of methoxy groups -OCH3 is 1. The summed E-state index contributed by atoms with van der Waals surface area (Å²) in [5, 5.41) is 0.600. The summed E-state index contributed by atoms with van der Waals surface area (Å²) in [7, 11) is 1.34. The van der Waals surface area contributed by atoms with Gasteiger partial charge in [-0.2, -0.15) is 0 Å². The Balaban J connectivity index is 2.59. The van der Waals surface area contributed by atoms with Crippen LogP contribution in [0.5, 0.6) is 5.75 Å². The Morgan fingerprint density at radius 2 is 1.92 bits per heavy atom. The van der Waals surface area contributed by atoms with Crippen LogP contribution in [0, 0.1) is 5.92 Å². The summed E-state index contributed by atoms with van der Waals surface area (Å²) in [5.41, 5.74) is 0. The van der Waals surface area contributed by atoms with E-state index in [4.69, 9.17) is 25.8 Å². The van der Waals surface area contributed by atoms with Gasteiger partial charge in [0.1, 0.15) is 5.75 Å². The maximum atomic E-state index is 12.5. The Morgan fingerprint density at radius 3 is 2.52 bits per heavy atom. The van der Waals surface area contributed by atoms with Crippen LogP contribution in [-0.4, -0.2) is 56.8 Å². The van der Waals surface area contributed by atoms with Crippen LogP contribution in [-0.2, 0) is 19.1 Å². The van der Waals surface area contributed by atoms with Crippen molar-refractivity contribution in [3.05, 3.63) is 29.3 Å². The van der Waals surface area contributed by atoms with E-state index in [0.717, 1.165) is 0 Å². The standard InChI is InChI=1S/C18H26ClNO5/c1-4-24-11-5-10-20(12-14(2)18(22)23-3)17(21)13-25-16-8-6-15(19)7-9-16/h6-9,14H,4-5,10-13H2,1-3H3. The highest BCUT2D eigenvalue weighted by Gasteiger charge is 2.21. The van der Waals surface area contributed by atoms with Crippen molar-refractivity contribution in [1.29, 1.82) is 0 Å². The third kappa shape index (κ3) is 8.23. The van der Waals surface area contributed by atoms with Crippen molar-refractivity contribution in [3.63, 3.8) is 0 Å². The Kier molecular flexibility index (Phi) is 9.96. The topological polar surface area (TPSA) is 65.1 Å². The highest BCUT2D eigenvalue weighted by Crippen LogP contribution is 2.15. The number of halogens is 1. The molecule has 0 N–H and O–H groups in total. The largest absolute Gasteiger partial charge is 0.484 e. The first-order valence-corrected chi connectivity index (χ1v) is 8.67. The van der Waals surface area contributed by atoms with Crippen LogP contribution in [0.2, 0.25) is 5.02 Å². The molecule has 0 saturated heterocycles. The van der Waals surface area contributed by atoms with E-state index in [1.165, 1.54) is 7.11 Å². The van der Waals surface area contributed by atoms with Crippen LogP contribution >= 0.6 is 11.6 Å². The summed E-state index contributed by atoms with van der Waals surface area (Å²) in [6, 6.07) is 6.79. The van der Waals surface area contributed by atoms with Crippen LogP contribution in [0.15, 0.2) is 24.3 Å². The molecule has 7 heteroatoms. The van der Waals surface area contributed by atoms with Gasteiger partial charge in [0.25, 0.3) is 5.91 Å². The number of nitrogens with zero attached hydrogens (tertiary/aromatic N) is 1. The molecule has 0 bridgehead atoms. The molecule has 0 aliphatic heterocycles. The fourth-order valence-corrected chi connectivity index (χ4v) is 2.32. The van der Waals surface area contributed by atoms with Gasteiger partial charge in [0.15, 0.2) is 6.61 Å². The summed E-state index contributed by atoms with van der Waals surface area (Å²) >= 11 is 5.82. The van der Waals surface area contributed by atoms with Crippen molar-refractivity contribution in [1.82, 2.24) is 4.90 Å². The Hall–Kier alpha value is -1.79. The minimum absolute atomic E-state index is 0.107. The summed E-state index contributed by atoms with van der Waals surface area (Å²) in [6.45, 7) is 5.50. The molecule has 1 atom stereocenters. The number of ether oxygens (including phenoxy) is 3. The number of carbonyl (C=O) groups is 2. The van der Waals surface area contributed by atoms with E-state index in [2.05, 4.69) is 0 Å². The number of esters is 1. The molecule has 0 aliphatic rings. The molecule has 1 amide bonds. The van der Waals surface area contributed by atoms with E-state index in [-0.39, 0.29) is 25.0 Å². The van der Waals surface area contributed by atoms with E-state index in [0.29, 0.717) is 37.0 Å². The smallest absolute Gasteiger partial charge is 0.310 e. The fraction of sp³-hybridized carbons (Fsp3) is 0.556. The molecule has 6 nitrogen and oxygen atoms in total. The van der Waals surface area contributed by atoms with Gasteiger partial charge in [0, 0.05) is 31.3 Å². The second-order valence-electron chi connectivity index (χ2n) is 5.56. The van der Waals surface area contributed by atoms with Gasteiger partial charge >= 0.3 is 5.97 Å². The Bertz CT molecular complexity index is 535. The van der Waals surface area contributed by atoms with Gasteiger partial charge < -0.3 is 19.1 Å². The van der Waals surface area contributed by atoms with Gasteiger partial charge in [-0.05, 0) is 37.6 Å². The van der Waals surface area contributed by atoms with E-state index >= 15 is 0 Å². The number of rotatable bonds is 11. The Labute approximate surface area is 154 Å². The number of benzene rings is 1. The van der Waals surface area contributed by atoms with Crippen LogP contribution in [0.3, 0.4) is 0 Å². The van der Waals surface area contributed by atoms with Crippen molar-refractivity contribution in [3.8, 4) is 5.75 Å². The van der Waals surface area contributed by atoms with Gasteiger partial charge in [-0.3, -0.25) is 9.59 Å². The molecule has 0 aromatic heterocycles. The lowest BCUT2D eigenvalue weighted by molar-refractivity contribution is -0.146. The minimum Gasteiger partial charge on any atom is -0.484 e. The monoisotopic (exact) mass is 371 g/mol. The number of carbonyl (C=O) groups excluding carboxylic acids is 2. The average molecular weight is 372 g/mol. The zero-order valence-electron chi connectivity index (χ0n) is 15.0. The zero-order valence-corrected chi connectivity index (χ0v) is 15.8. The van der Waals surface area contributed by atoms with Crippen molar-refractivity contribution >= 4 is 23.5 Å². The molecule has 0 saturated carbocycles. The van der Waals surface area contributed by atoms with Crippen molar-refractivity contribution in [2.75, 3.05) is 40.0 Å². The van der Waals surface area contributed by atoms with Crippen LogP contribution < -0.4 is 4.74 Å². The highest BCUT2D eigenvalue weighted by molar-refractivity contribution is 6.30. The molecule has 1 rings (SSSR count). The lowest BCUT2D eigenvalue weighted by Gasteiger charge is -2.25. The van der Waals surface area contributed by atoms with Crippen molar-refractivity contribution in [2.45, 2.75) is 20.3 Å². The van der Waals surface area contributed by atoms with Crippen molar-refractivity contribution < 1.29 is 23.8 Å². The van der Waals surface area contributed by atoms with E-state index in [1.54, 1.807) is 36.1 Å². The van der Waals surface area contributed by atoms with Gasteiger partial charge in [0.2, 0.25) is 0 Å². The first kappa shape index (κ1) is 21.3. The van der Waals surface area contributed by atoms with Crippen molar-refractivity contribution in [2.24, 2.45) is 5.92 Å². The molecule has 0 fully saturated rings. The van der Waals surface area contributed by atoms with Crippen LogP contribution in [0.25, 0.3) is 0 Å². The van der Waals surface area contributed by atoms with Crippen LogP contribution in [0.1, 0.15) is 20.3 Å². The summed E-state index contributed by atoms with van der Waals surface area (Å²) < 4.78 is 15.5. The molecule has 0 radical (unpaired) electrons. The molecular weight excluding hydrogens is 346 g/mol. The van der Waals surface area contributed by atoms with Gasteiger partial charge in [0.05, 0.1) is 13.0 Å². The first-order valence-electron chi connectivity index (χ1n) is 8.29. The lowest BCUT2D eigenvalue weighted by Crippen LogP contribution is -2.40. The summed E-state index contributed by atoms with van der Waals surface area (Å²) in [5.74, 6) is -0.381. The Morgan fingerprint density at radius 1 is 1.24 bits per heavy atom. The lowest BCUT2D eigenvalue weighted by atomic mass is 10.1. The van der Waals surface area contributed by atoms with Gasteiger partial charge in [-0.15, -0.1) is 0 Å². The predicted molar refractivity (Wildman–Crippen MR) is 95.8 cm³/mol. The van der Waals surface area contributed by atoms with Gasteiger partial charge in [-0.25, -0.2) is 0 Å². The second kappa shape index (κ2) is 11.7. The number of hydrogen-bond acceptors (Lipinski definition) is 5. The average Bonchev–Trinajstić information content (AvgIpc) is 2.62. The zero-order chi connectivity index (χ0) is 18.7. The quantitative estimate of drug-likeness (QED) is 0.442. The summed E-state index contributed by atoms with van der Waals surface area (Å²) in [4.78, 5) is 25.7. The third-order valence-electron chi connectivity index (χ3n) is 3.55. The number of hydrogen-bond donors (Lipinski definition) is 0. The molecule has 1 unspecified atom stereocenters. The van der Waals surface area contributed by atoms with E-state index < -0.39 is 5.92 Å². The SMILES string of the molecule is CCOCCCN(CC(C)C(=O)OC)C(=O)COc1ccc(Cl)cc1. The second-order valence-corrected chi connectivity index (χ2v) is 5.99. The van der Waals surface area contributed by atoms with E-state index in [1.807, 2.05) is 6.92 Å². The molecule has 1 aromatic rings. The third-order valence-corrected chi connectivity index (χ3v) is 3.80. The predicted octanol–water partition coefficient (Wildman–Crippen LogP) is 2.78. The molecule has 0 heterocycles. The molecule has 140 valence electrons. The summed E-state index contributed by atoms with van der Waals surface area (Å²) in [6.07, 6.45) is 0.689. The van der Waals surface area contributed by atoms with Crippen LogP contribution in [0.4, 0.5) is 0 Å². The maximum absolute atomic E-state index is 12.5. The molecule has 25 heavy (non-hydrogen) atoms. The maximum Gasteiger partial charge on any atom is 0.310 e. The first-order chi connectivity index (χ1) is 12.0. The molecule has 0 aliphatic carbocycles. The number of amides is 1. The van der Waals surface area contributed by atoms with Gasteiger partial charge in [-0.1, -0.05) is 18.5 Å². The normalized spacial score (nSPS) is 11.7. The highest BCUT2D eigenvalue weighted by atomic mass is 35.5. The fourth-order valence-electron chi connectivity index (χ4n) is 2.19. The molecular formula is C18H26ClNO5. The minimum atomic E-state index is -0.406. The van der Waals surface area contributed by atoms with E-state index in [9.17, 15) is 9.59 Å².